The van der Waals surface area contributed by atoms with Gasteiger partial charge in [-0.05, 0) is 42.9 Å². The fraction of sp³-hybridized carbons (Fsp3) is 0.500. The summed E-state index contributed by atoms with van der Waals surface area (Å²) in [4.78, 5) is 31.0. The van der Waals surface area contributed by atoms with Crippen LogP contribution in [0.15, 0.2) is 35.4 Å². The third-order valence-corrected chi connectivity index (χ3v) is 5.70. The van der Waals surface area contributed by atoms with Gasteiger partial charge in [-0.25, -0.2) is 4.98 Å². The van der Waals surface area contributed by atoms with Crippen LogP contribution in [0.1, 0.15) is 25.7 Å². The van der Waals surface area contributed by atoms with E-state index in [-0.39, 0.29) is 11.5 Å². The van der Waals surface area contributed by atoms with Gasteiger partial charge in [0.05, 0.1) is 17.2 Å². The lowest BCUT2D eigenvalue weighted by Crippen LogP contribution is -2.39. The number of benzene rings is 1. The van der Waals surface area contributed by atoms with Crippen molar-refractivity contribution in [3.8, 4) is 0 Å². The summed E-state index contributed by atoms with van der Waals surface area (Å²) in [5, 5.41) is 0.628. The molecule has 5 nitrogen and oxygen atoms in total. The Hall–Kier alpha value is -1.82. The molecule has 24 heavy (non-hydrogen) atoms. The summed E-state index contributed by atoms with van der Waals surface area (Å²) >= 11 is 1.96. The summed E-state index contributed by atoms with van der Waals surface area (Å²) in [6, 6.07) is 7.72. The zero-order valence-corrected chi connectivity index (χ0v) is 14.8. The Kier molecular flexibility index (Phi) is 5.56. The molecule has 2 heterocycles. The summed E-state index contributed by atoms with van der Waals surface area (Å²) in [6.07, 6.45) is 4.88. The van der Waals surface area contributed by atoms with Crippen LogP contribution in [0.3, 0.4) is 0 Å². The third kappa shape index (κ3) is 3.80. The first-order valence-corrected chi connectivity index (χ1v) is 9.60. The second kappa shape index (κ2) is 7.83. The van der Waals surface area contributed by atoms with Gasteiger partial charge < -0.3 is 4.90 Å². The predicted octanol–water partition coefficient (Wildman–Crippen LogP) is 2.53. The molecule has 1 aromatic heterocycles. The van der Waals surface area contributed by atoms with Crippen LogP contribution in [0.5, 0.6) is 0 Å². The van der Waals surface area contributed by atoms with E-state index in [0.717, 1.165) is 24.3 Å². The van der Waals surface area contributed by atoms with Crippen molar-refractivity contribution in [3.63, 3.8) is 0 Å². The van der Waals surface area contributed by atoms with E-state index in [1.165, 1.54) is 0 Å². The summed E-state index contributed by atoms with van der Waals surface area (Å²) in [6.45, 7) is 0.525. The normalized spacial score (nSPS) is 15.5. The SMILES string of the molecule is CN(C(=O)CCCn1cnc2ccccc2c1=O)C1CCSCC1. The van der Waals surface area contributed by atoms with Crippen LogP contribution in [0.2, 0.25) is 0 Å². The molecule has 0 N–H and O–H groups in total. The summed E-state index contributed by atoms with van der Waals surface area (Å²) < 4.78 is 1.60. The lowest BCUT2D eigenvalue weighted by Gasteiger charge is -2.31. The van der Waals surface area contributed by atoms with Crippen molar-refractivity contribution in [1.29, 1.82) is 0 Å². The van der Waals surface area contributed by atoms with Gasteiger partial charge in [-0.15, -0.1) is 0 Å². The minimum Gasteiger partial charge on any atom is -0.343 e. The molecule has 0 atom stereocenters. The summed E-state index contributed by atoms with van der Waals surface area (Å²) in [5.41, 5.74) is 0.676. The Balaban J connectivity index is 1.57. The first kappa shape index (κ1) is 17.0. The van der Waals surface area contributed by atoms with Gasteiger partial charge in [0, 0.05) is 26.1 Å². The standard InChI is InChI=1S/C18H23N3O2S/c1-20(14-8-11-24-12-9-14)17(22)7-4-10-21-13-19-16-6-3-2-5-15(16)18(21)23/h2-3,5-6,13-14H,4,7-12H2,1H3. The fourth-order valence-electron chi connectivity index (χ4n) is 3.12. The smallest absolute Gasteiger partial charge is 0.261 e. The van der Waals surface area contributed by atoms with Crippen LogP contribution < -0.4 is 5.56 Å². The van der Waals surface area contributed by atoms with Crippen LogP contribution in [-0.2, 0) is 11.3 Å². The number of carbonyl (C=O) groups excluding carboxylic acids is 1. The molecule has 1 amide bonds. The van der Waals surface area contributed by atoms with Crippen LogP contribution in [0.25, 0.3) is 10.9 Å². The highest BCUT2D eigenvalue weighted by atomic mass is 32.2. The number of para-hydroxylation sites is 1. The minimum absolute atomic E-state index is 0.0364. The van der Waals surface area contributed by atoms with E-state index >= 15 is 0 Å². The molecule has 3 rings (SSSR count). The molecule has 6 heteroatoms. The Bertz CT molecular complexity index is 768. The number of nitrogens with zero attached hydrogens (tertiary/aromatic N) is 3. The first-order valence-electron chi connectivity index (χ1n) is 8.44. The van der Waals surface area contributed by atoms with Crippen LogP contribution in [-0.4, -0.2) is 45.0 Å². The van der Waals surface area contributed by atoms with E-state index in [9.17, 15) is 9.59 Å². The molecule has 1 saturated heterocycles. The molecule has 1 aliphatic heterocycles. The van der Waals surface area contributed by atoms with E-state index in [1.807, 2.05) is 41.9 Å². The summed E-state index contributed by atoms with van der Waals surface area (Å²) in [5.74, 6) is 2.45. The first-order chi connectivity index (χ1) is 11.7. The maximum absolute atomic E-state index is 12.4. The van der Waals surface area contributed by atoms with E-state index in [0.29, 0.717) is 36.3 Å². The molecular weight excluding hydrogens is 322 g/mol. The topological polar surface area (TPSA) is 55.2 Å². The quantitative estimate of drug-likeness (QED) is 0.836. The van der Waals surface area contributed by atoms with Gasteiger partial charge in [0.2, 0.25) is 5.91 Å². The average Bonchev–Trinajstić information content (AvgIpc) is 2.64. The van der Waals surface area contributed by atoms with E-state index in [1.54, 1.807) is 17.0 Å². The van der Waals surface area contributed by atoms with E-state index in [4.69, 9.17) is 0 Å². The van der Waals surface area contributed by atoms with Gasteiger partial charge in [0.1, 0.15) is 0 Å². The molecule has 0 aliphatic carbocycles. The Labute approximate surface area is 146 Å². The Morgan fingerprint density at radius 3 is 2.88 bits per heavy atom. The molecule has 0 saturated carbocycles. The van der Waals surface area contributed by atoms with E-state index in [2.05, 4.69) is 4.98 Å². The molecule has 1 fully saturated rings. The van der Waals surface area contributed by atoms with Crippen molar-refractivity contribution >= 4 is 28.6 Å². The second-order valence-electron chi connectivity index (χ2n) is 6.21. The number of amides is 1. The van der Waals surface area contributed by atoms with E-state index < -0.39 is 0 Å². The van der Waals surface area contributed by atoms with Gasteiger partial charge in [-0.1, -0.05) is 12.1 Å². The maximum Gasteiger partial charge on any atom is 0.261 e. The number of hydrogen-bond acceptors (Lipinski definition) is 4. The molecular formula is C18H23N3O2S. The molecule has 1 aliphatic rings. The lowest BCUT2D eigenvalue weighted by molar-refractivity contribution is -0.132. The summed E-state index contributed by atoms with van der Waals surface area (Å²) in [7, 11) is 1.91. The number of fused-ring (bicyclic) bond motifs is 1. The largest absolute Gasteiger partial charge is 0.343 e. The number of rotatable bonds is 5. The predicted molar refractivity (Wildman–Crippen MR) is 98.4 cm³/mol. The molecule has 0 spiro atoms. The van der Waals surface area contributed by atoms with Gasteiger partial charge >= 0.3 is 0 Å². The third-order valence-electron chi connectivity index (χ3n) is 4.65. The zero-order valence-electron chi connectivity index (χ0n) is 14.0. The molecule has 0 radical (unpaired) electrons. The fourth-order valence-corrected chi connectivity index (χ4v) is 4.20. The van der Waals surface area contributed by atoms with Crippen molar-refractivity contribution in [2.75, 3.05) is 18.6 Å². The molecule has 0 unspecified atom stereocenters. The second-order valence-corrected chi connectivity index (χ2v) is 7.44. The molecule has 1 aromatic carbocycles. The van der Waals surface area contributed by atoms with Crippen molar-refractivity contribution in [2.24, 2.45) is 0 Å². The van der Waals surface area contributed by atoms with Crippen molar-refractivity contribution in [2.45, 2.75) is 38.3 Å². The van der Waals surface area contributed by atoms with Crippen molar-refractivity contribution in [1.82, 2.24) is 14.5 Å². The number of aromatic nitrogens is 2. The Morgan fingerprint density at radius 2 is 2.08 bits per heavy atom. The van der Waals surface area contributed by atoms with Gasteiger partial charge in [0.15, 0.2) is 0 Å². The maximum atomic E-state index is 12.4. The Morgan fingerprint density at radius 1 is 1.33 bits per heavy atom. The average molecular weight is 345 g/mol. The molecule has 0 bridgehead atoms. The number of hydrogen-bond donors (Lipinski definition) is 0. The minimum atomic E-state index is -0.0364. The van der Waals surface area contributed by atoms with Crippen LogP contribution >= 0.6 is 11.8 Å². The lowest BCUT2D eigenvalue weighted by atomic mass is 10.1. The van der Waals surface area contributed by atoms with Crippen LogP contribution in [0.4, 0.5) is 0 Å². The number of aryl methyl sites for hydroxylation is 1. The van der Waals surface area contributed by atoms with Gasteiger partial charge in [-0.3, -0.25) is 14.2 Å². The molecule has 128 valence electrons. The highest BCUT2D eigenvalue weighted by Gasteiger charge is 2.21. The monoisotopic (exact) mass is 345 g/mol. The highest BCUT2D eigenvalue weighted by Crippen LogP contribution is 2.21. The highest BCUT2D eigenvalue weighted by molar-refractivity contribution is 7.99. The zero-order chi connectivity index (χ0) is 16.9. The molecule has 2 aromatic rings. The van der Waals surface area contributed by atoms with Crippen molar-refractivity contribution < 1.29 is 4.79 Å². The van der Waals surface area contributed by atoms with Crippen molar-refractivity contribution in [3.05, 3.63) is 40.9 Å². The number of carbonyl (C=O) groups is 1. The number of thioether (sulfide) groups is 1. The van der Waals surface area contributed by atoms with Gasteiger partial charge in [0.25, 0.3) is 5.56 Å². The van der Waals surface area contributed by atoms with Gasteiger partial charge in [-0.2, -0.15) is 11.8 Å². The van der Waals surface area contributed by atoms with Crippen LogP contribution in [0, 0.1) is 0 Å².